The molecule has 1 atom stereocenters. The summed E-state index contributed by atoms with van der Waals surface area (Å²) in [5.74, 6) is 0.828. The zero-order chi connectivity index (χ0) is 15.4. The lowest BCUT2D eigenvalue weighted by atomic mass is 10.0. The molecule has 0 bridgehead atoms. The van der Waals surface area contributed by atoms with Gasteiger partial charge >= 0.3 is 0 Å². The van der Waals surface area contributed by atoms with Crippen molar-refractivity contribution in [1.82, 2.24) is 9.97 Å². The van der Waals surface area contributed by atoms with Gasteiger partial charge in [0, 0.05) is 11.1 Å². The third-order valence-electron chi connectivity index (χ3n) is 3.58. The predicted molar refractivity (Wildman–Crippen MR) is 92.3 cm³/mol. The van der Waals surface area contributed by atoms with Gasteiger partial charge in [-0.3, -0.25) is 4.98 Å². The maximum atomic E-state index is 4.53. The Hall–Kier alpha value is -2.20. The lowest BCUT2D eigenvalue weighted by Crippen LogP contribution is -2.14. The molecule has 0 spiro atoms. The molecule has 1 N–H and O–H groups in total. The van der Waals surface area contributed by atoms with E-state index in [1.165, 1.54) is 16.0 Å². The van der Waals surface area contributed by atoms with Crippen LogP contribution < -0.4 is 5.32 Å². The molecule has 2 heterocycles. The van der Waals surface area contributed by atoms with E-state index in [1.54, 1.807) is 23.7 Å². The zero-order valence-corrected chi connectivity index (χ0v) is 13.6. The van der Waals surface area contributed by atoms with Crippen molar-refractivity contribution in [3.63, 3.8) is 0 Å². The number of thiophene rings is 1. The molecule has 0 aliphatic rings. The Morgan fingerprint density at radius 2 is 1.91 bits per heavy atom. The monoisotopic (exact) mass is 309 g/mol. The van der Waals surface area contributed by atoms with E-state index in [2.05, 4.69) is 57.9 Å². The molecule has 4 heteroatoms. The van der Waals surface area contributed by atoms with Gasteiger partial charge in [0.15, 0.2) is 0 Å². The Morgan fingerprint density at radius 3 is 2.59 bits per heavy atom. The van der Waals surface area contributed by atoms with Crippen LogP contribution in [0.25, 0.3) is 0 Å². The Balaban J connectivity index is 1.88. The van der Waals surface area contributed by atoms with E-state index >= 15 is 0 Å². The smallest absolute Gasteiger partial charge is 0.145 e. The second-order valence-corrected chi connectivity index (χ2v) is 6.35. The van der Waals surface area contributed by atoms with E-state index in [-0.39, 0.29) is 6.04 Å². The van der Waals surface area contributed by atoms with Crippen LogP contribution in [0.3, 0.4) is 0 Å². The van der Waals surface area contributed by atoms with Crippen molar-refractivity contribution in [2.75, 3.05) is 5.32 Å². The first-order valence-electron chi connectivity index (χ1n) is 7.35. The summed E-state index contributed by atoms with van der Waals surface area (Å²) in [6.45, 7) is 4.12. The predicted octanol–water partition coefficient (Wildman–Crippen LogP) is 4.55. The van der Waals surface area contributed by atoms with Gasteiger partial charge in [0.05, 0.1) is 17.9 Å². The second kappa shape index (κ2) is 6.71. The standard InChI is InChI=1S/C18H19N3S/c1-13-8-9-22-18(13)16(10-15-6-4-3-5-7-15)21-17-12-19-11-14(2)20-17/h3-9,11-12,16H,10H2,1-2H3,(H,20,21). The molecule has 1 aromatic carbocycles. The normalized spacial score (nSPS) is 12.1. The molecule has 0 saturated heterocycles. The van der Waals surface area contributed by atoms with Crippen LogP contribution in [0.5, 0.6) is 0 Å². The maximum absolute atomic E-state index is 4.53. The molecule has 2 aromatic heterocycles. The highest BCUT2D eigenvalue weighted by Gasteiger charge is 2.16. The summed E-state index contributed by atoms with van der Waals surface area (Å²) in [5, 5.41) is 5.69. The van der Waals surface area contributed by atoms with Crippen LogP contribution in [0.15, 0.2) is 54.2 Å². The van der Waals surface area contributed by atoms with Crippen molar-refractivity contribution >= 4 is 17.2 Å². The molecule has 0 aliphatic carbocycles. The number of nitrogens with zero attached hydrogens (tertiary/aromatic N) is 2. The van der Waals surface area contributed by atoms with Crippen molar-refractivity contribution in [3.05, 3.63) is 75.9 Å². The molecule has 0 radical (unpaired) electrons. The zero-order valence-electron chi connectivity index (χ0n) is 12.8. The van der Waals surface area contributed by atoms with Crippen molar-refractivity contribution in [3.8, 4) is 0 Å². The van der Waals surface area contributed by atoms with Gasteiger partial charge in [-0.1, -0.05) is 30.3 Å². The van der Waals surface area contributed by atoms with E-state index in [1.807, 2.05) is 13.0 Å². The lowest BCUT2D eigenvalue weighted by Gasteiger charge is -2.19. The summed E-state index contributed by atoms with van der Waals surface area (Å²) < 4.78 is 0. The largest absolute Gasteiger partial charge is 0.361 e. The summed E-state index contributed by atoms with van der Waals surface area (Å²) in [6, 6.07) is 12.9. The summed E-state index contributed by atoms with van der Waals surface area (Å²) in [7, 11) is 0. The average molecular weight is 309 g/mol. The van der Waals surface area contributed by atoms with Crippen LogP contribution in [-0.4, -0.2) is 9.97 Å². The van der Waals surface area contributed by atoms with Crippen LogP contribution in [0.1, 0.15) is 27.7 Å². The van der Waals surface area contributed by atoms with Crippen LogP contribution in [0.2, 0.25) is 0 Å². The van der Waals surface area contributed by atoms with Crippen LogP contribution >= 0.6 is 11.3 Å². The Labute approximate surface area is 135 Å². The fourth-order valence-electron chi connectivity index (χ4n) is 2.51. The Kier molecular flexibility index (Phi) is 4.49. The SMILES string of the molecule is Cc1cncc(NC(Cc2ccccc2)c2sccc2C)n1. The molecule has 3 rings (SSSR count). The van der Waals surface area contributed by atoms with Crippen molar-refractivity contribution in [2.45, 2.75) is 26.3 Å². The molecule has 112 valence electrons. The Bertz CT molecular complexity index is 737. The molecule has 3 nitrogen and oxygen atoms in total. The first kappa shape index (κ1) is 14.7. The Morgan fingerprint density at radius 1 is 1.09 bits per heavy atom. The highest BCUT2D eigenvalue weighted by molar-refractivity contribution is 7.10. The quantitative estimate of drug-likeness (QED) is 0.751. The van der Waals surface area contributed by atoms with E-state index in [0.29, 0.717) is 0 Å². The number of anilines is 1. The fraction of sp³-hybridized carbons (Fsp3) is 0.222. The molecule has 0 fully saturated rings. The number of hydrogen-bond acceptors (Lipinski definition) is 4. The summed E-state index contributed by atoms with van der Waals surface area (Å²) in [4.78, 5) is 10.1. The summed E-state index contributed by atoms with van der Waals surface area (Å²) >= 11 is 1.79. The van der Waals surface area contributed by atoms with Gasteiger partial charge in [0.2, 0.25) is 0 Å². The van der Waals surface area contributed by atoms with Crippen LogP contribution in [-0.2, 0) is 6.42 Å². The van der Waals surface area contributed by atoms with E-state index in [0.717, 1.165) is 17.9 Å². The molecule has 0 amide bonds. The van der Waals surface area contributed by atoms with Gasteiger partial charge in [-0.15, -0.1) is 11.3 Å². The molecular formula is C18H19N3S. The minimum atomic E-state index is 0.207. The highest BCUT2D eigenvalue weighted by Crippen LogP contribution is 2.29. The van der Waals surface area contributed by atoms with Gasteiger partial charge < -0.3 is 5.32 Å². The van der Waals surface area contributed by atoms with Gasteiger partial charge in [-0.25, -0.2) is 4.98 Å². The molecule has 3 aromatic rings. The number of rotatable bonds is 5. The van der Waals surface area contributed by atoms with Crippen molar-refractivity contribution in [2.24, 2.45) is 0 Å². The molecule has 0 saturated carbocycles. The van der Waals surface area contributed by atoms with Gasteiger partial charge in [-0.2, -0.15) is 0 Å². The third kappa shape index (κ3) is 3.52. The van der Waals surface area contributed by atoms with Gasteiger partial charge in [0.1, 0.15) is 5.82 Å². The third-order valence-corrected chi connectivity index (χ3v) is 4.71. The number of benzene rings is 1. The van der Waals surface area contributed by atoms with Crippen molar-refractivity contribution < 1.29 is 0 Å². The summed E-state index contributed by atoms with van der Waals surface area (Å²) in [5.41, 5.74) is 3.55. The van der Waals surface area contributed by atoms with E-state index < -0.39 is 0 Å². The average Bonchev–Trinajstić information content (AvgIpc) is 2.94. The van der Waals surface area contributed by atoms with Gasteiger partial charge in [0.25, 0.3) is 0 Å². The van der Waals surface area contributed by atoms with E-state index in [4.69, 9.17) is 0 Å². The van der Waals surface area contributed by atoms with Crippen molar-refractivity contribution in [1.29, 1.82) is 0 Å². The summed E-state index contributed by atoms with van der Waals surface area (Å²) in [6.07, 6.45) is 4.49. The number of hydrogen-bond donors (Lipinski definition) is 1. The van der Waals surface area contributed by atoms with Crippen LogP contribution in [0, 0.1) is 13.8 Å². The van der Waals surface area contributed by atoms with Gasteiger partial charge in [-0.05, 0) is 42.8 Å². The minimum Gasteiger partial charge on any atom is -0.361 e. The first-order valence-corrected chi connectivity index (χ1v) is 8.23. The first-order chi connectivity index (χ1) is 10.7. The molecular weight excluding hydrogens is 290 g/mol. The lowest BCUT2D eigenvalue weighted by molar-refractivity contribution is 0.777. The number of aromatic nitrogens is 2. The minimum absolute atomic E-state index is 0.207. The highest BCUT2D eigenvalue weighted by atomic mass is 32.1. The molecule has 22 heavy (non-hydrogen) atoms. The maximum Gasteiger partial charge on any atom is 0.145 e. The number of aryl methyl sites for hydroxylation is 2. The second-order valence-electron chi connectivity index (χ2n) is 5.40. The topological polar surface area (TPSA) is 37.8 Å². The number of nitrogens with one attached hydrogen (secondary N) is 1. The van der Waals surface area contributed by atoms with E-state index in [9.17, 15) is 0 Å². The molecule has 1 unspecified atom stereocenters. The van der Waals surface area contributed by atoms with Crippen LogP contribution in [0.4, 0.5) is 5.82 Å². The molecule has 0 aliphatic heterocycles. The fourth-order valence-corrected chi connectivity index (χ4v) is 3.49.